The lowest BCUT2D eigenvalue weighted by Gasteiger charge is -2.22. The number of halogens is 2. The highest BCUT2D eigenvalue weighted by Gasteiger charge is 2.33. The van der Waals surface area contributed by atoms with Gasteiger partial charge in [0, 0.05) is 24.2 Å². The molecule has 1 fully saturated rings. The zero-order valence-electron chi connectivity index (χ0n) is 18.2. The Labute approximate surface area is 199 Å². The van der Waals surface area contributed by atoms with Crippen LogP contribution in [0.25, 0.3) is 11.6 Å². The SMILES string of the molecule is O=C(CSc1nnc(-c2ccco2)n1Cc1ccccc1)N(Cc1ccc(F)cc1F)C1CC1. The molecule has 2 aromatic carbocycles. The fourth-order valence-corrected chi connectivity index (χ4v) is 4.57. The standard InChI is InChI=1S/C25H22F2N4O2S/c26-19-9-8-18(21(27)13-19)15-30(20-10-11-20)23(32)16-34-25-29-28-24(22-7-4-12-33-22)31(25)14-17-5-2-1-3-6-17/h1-9,12-13,20H,10-11,14-16H2. The molecule has 0 saturated heterocycles. The molecule has 1 aliphatic rings. The molecular weight excluding hydrogens is 458 g/mol. The number of amides is 1. The minimum Gasteiger partial charge on any atom is -0.461 e. The van der Waals surface area contributed by atoms with Crippen molar-refractivity contribution >= 4 is 17.7 Å². The summed E-state index contributed by atoms with van der Waals surface area (Å²) in [7, 11) is 0. The zero-order chi connectivity index (χ0) is 23.5. The molecular formula is C25H22F2N4O2S. The summed E-state index contributed by atoms with van der Waals surface area (Å²) in [6, 6.07) is 17.0. The molecule has 2 aromatic heterocycles. The lowest BCUT2D eigenvalue weighted by molar-refractivity contribution is -0.129. The van der Waals surface area contributed by atoms with Gasteiger partial charge in [-0.2, -0.15) is 0 Å². The minimum absolute atomic E-state index is 0.0819. The van der Waals surface area contributed by atoms with Gasteiger partial charge in [-0.15, -0.1) is 10.2 Å². The van der Waals surface area contributed by atoms with Gasteiger partial charge in [0.15, 0.2) is 10.9 Å². The van der Waals surface area contributed by atoms with Crippen LogP contribution in [-0.4, -0.2) is 37.4 Å². The molecule has 0 unspecified atom stereocenters. The average molecular weight is 481 g/mol. The molecule has 0 radical (unpaired) electrons. The van der Waals surface area contributed by atoms with Gasteiger partial charge in [0.1, 0.15) is 11.6 Å². The molecule has 0 N–H and O–H groups in total. The summed E-state index contributed by atoms with van der Waals surface area (Å²) in [5, 5.41) is 9.20. The average Bonchev–Trinajstić information content (AvgIpc) is 3.37. The molecule has 4 aromatic rings. The Kier molecular flexibility index (Phi) is 6.44. The molecule has 1 aliphatic carbocycles. The van der Waals surface area contributed by atoms with Crippen molar-refractivity contribution in [1.29, 1.82) is 0 Å². The van der Waals surface area contributed by atoms with E-state index >= 15 is 0 Å². The van der Waals surface area contributed by atoms with Crippen molar-refractivity contribution in [3.63, 3.8) is 0 Å². The van der Waals surface area contributed by atoms with E-state index in [0.717, 1.165) is 24.5 Å². The number of hydrogen-bond acceptors (Lipinski definition) is 5. The van der Waals surface area contributed by atoms with E-state index in [4.69, 9.17) is 4.42 Å². The van der Waals surface area contributed by atoms with Gasteiger partial charge in [-0.1, -0.05) is 48.2 Å². The first kappa shape index (κ1) is 22.3. The lowest BCUT2D eigenvalue weighted by atomic mass is 10.2. The van der Waals surface area contributed by atoms with Crippen LogP contribution < -0.4 is 0 Å². The van der Waals surface area contributed by atoms with E-state index in [0.29, 0.717) is 28.8 Å². The third kappa shape index (κ3) is 5.04. The molecule has 0 aliphatic heterocycles. The fraction of sp³-hybridized carbons (Fsp3) is 0.240. The monoisotopic (exact) mass is 480 g/mol. The van der Waals surface area contributed by atoms with Crippen LogP contribution in [0.5, 0.6) is 0 Å². The van der Waals surface area contributed by atoms with Crippen LogP contribution in [0.15, 0.2) is 76.5 Å². The molecule has 0 atom stereocenters. The second kappa shape index (κ2) is 9.80. The zero-order valence-corrected chi connectivity index (χ0v) is 19.0. The molecule has 6 nitrogen and oxygen atoms in total. The highest BCUT2D eigenvalue weighted by Crippen LogP contribution is 2.31. The second-order valence-corrected chi connectivity index (χ2v) is 9.07. The third-order valence-electron chi connectivity index (χ3n) is 5.63. The molecule has 0 spiro atoms. The minimum atomic E-state index is -0.642. The molecule has 34 heavy (non-hydrogen) atoms. The second-order valence-electron chi connectivity index (χ2n) is 8.13. The van der Waals surface area contributed by atoms with Crippen LogP contribution in [0.2, 0.25) is 0 Å². The fourth-order valence-electron chi connectivity index (χ4n) is 3.74. The Morgan fingerprint density at radius 3 is 2.62 bits per heavy atom. The number of furan rings is 1. The first-order valence-corrected chi connectivity index (χ1v) is 11.9. The predicted octanol–water partition coefficient (Wildman–Crippen LogP) is 5.15. The van der Waals surface area contributed by atoms with Crippen molar-refractivity contribution < 1.29 is 18.0 Å². The number of rotatable bonds is 9. The Hall–Kier alpha value is -3.46. The first-order chi connectivity index (χ1) is 16.6. The van der Waals surface area contributed by atoms with E-state index in [9.17, 15) is 13.6 Å². The van der Waals surface area contributed by atoms with Crippen LogP contribution in [0.4, 0.5) is 8.78 Å². The third-order valence-corrected chi connectivity index (χ3v) is 6.58. The highest BCUT2D eigenvalue weighted by atomic mass is 32.2. The molecule has 9 heteroatoms. The van der Waals surface area contributed by atoms with Crippen molar-refractivity contribution in [2.24, 2.45) is 0 Å². The molecule has 1 saturated carbocycles. The topological polar surface area (TPSA) is 64.2 Å². The van der Waals surface area contributed by atoms with Crippen molar-refractivity contribution in [3.05, 3.63) is 89.7 Å². The highest BCUT2D eigenvalue weighted by molar-refractivity contribution is 7.99. The van der Waals surface area contributed by atoms with Gasteiger partial charge >= 0.3 is 0 Å². The Bertz CT molecular complexity index is 1270. The maximum atomic E-state index is 14.2. The summed E-state index contributed by atoms with van der Waals surface area (Å²) < 4.78 is 34.9. The summed E-state index contributed by atoms with van der Waals surface area (Å²) in [6.45, 7) is 0.637. The van der Waals surface area contributed by atoms with Gasteiger partial charge in [-0.3, -0.25) is 9.36 Å². The number of carbonyl (C=O) groups is 1. The van der Waals surface area contributed by atoms with Crippen molar-refractivity contribution in [2.45, 2.75) is 37.1 Å². The van der Waals surface area contributed by atoms with Crippen LogP contribution in [0, 0.1) is 11.6 Å². The Morgan fingerprint density at radius 1 is 1.09 bits per heavy atom. The number of benzene rings is 2. The van der Waals surface area contributed by atoms with Gasteiger partial charge in [0.05, 0.1) is 18.6 Å². The summed E-state index contributed by atoms with van der Waals surface area (Å²) in [5.41, 5.74) is 1.37. The van der Waals surface area contributed by atoms with Crippen LogP contribution in [-0.2, 0) is 17.9 Å². The first-order valence-electron chi connectivity index (χ1n) is 11.0. The van der Waals surface area contributed by atoms with Gasteiger partial charge < -0.3 is 9.32 Å². The lowest BCUT2D eigenvalue weighted by Crippen LogP contribution is -2.34. The molecule has 174 valence electrons. The summed E-state index contributed by atoms with van der Waals surface area (Å²) >= 11 is 1.29. The maximum absolute atomic E-state index is 14.2. The van der Waals surface area contributed by atoms with Crippen molar-refractivity contribution in [1.82, 2.24) is 19.7 Å². The number of hydrogen-bond donors (Lipinski definition) is 0. The Morgan fingerprint density at radius 2 is 1.91 bits per heavy atom. The number of aromatic nitrogens is 3. The quantitative estimate of drug-likeness (QED) is 0.310. The van der Waals surface area contributed by atoms with Crippen LogP contribution in [0.1, 0.15) is 24.0 Å². The number of carbonyl (C=O) groups excluding carboxylic acids is 1. The number of nitrogens with zero attached hydrogens (tertiary/aromatic N) is 4. The maximum Gasteiger partial charge on any atom is 0.233 e. The summed E-state index contributed by atoms with van der Waals surface area (Å²) in [4.78, 5) is 14.8. The van der Waals surface area contributed by atoms with Gasteiger partial charge in [0.25, 0.3) is 0 Å². The Balaban J connectivity index is 1.34. The summed E-state index contributed by atoms with van der Waals surface area (Å²) in [5.74, 6) is -0.0954. The van der Waals surface area contributed by atoms with Crippen LogP contribution >= 0.6 is 11.8 Å². The van der Waals surface area contributed by atoms with E-state index < -0.39 is 11.6 Å². The van der Waals surface area contributed by atoms with E-state index in [1.807, 2.05) is 41.0 Å². The smallest absolute Gasteiger partial charge is 0.233 e. The van der Waals surface area contributed by atoms with Crippen LogP contribution in [0.3, 0.4) is 0 Å². The van der Waals surface area contributed by atoms with Crippen molar-refractivity contribution in [2.75, 3.05) is 5.75 Å². The van der Waals surface area contributed by atoms with E-state index in [1.54, 1.807) is 17.2 Å². The van der Waals surface area contributed by atoms with E-state index in [1.165, 1.54) is 23.9 Å². The number of thioether (sulfide) groups is 1. The normalized spacial score (nSPS) is 13.2. The van der Waals surface area contributed by atoms with E-state index in [-0.39, 0.29) is 24.2 Å². The van der Waals surface area contributed by atoms with Gasteiger partial charge in [0.2, 0.25) is 11.7 Å². The predicted molar refractivity (Wildman–Crippen MR) is 124 cm³/mol. The molecule has 1 amide bonds. The summed E-state index contributed by atoms with van der Waals surface area (Å²) in [6.07, 6.45) is 3.34. The molecule has 0 bridgehead atoms. The van der Waals surface area contributed by atoms with Crippen molar-refractivity contribution in [3.8, 4) is 11.6 Å². The van der Waals surface area contributed by atoms with Gasteiger partial charge in [-0.25, -0.2) is 8.78 Å². The largest absolute Gasteiger partial charge is 0.461 e. The molecule has 5 rings (SSSR count). The van der Waals surface area contributed by atoms with E-state index in [2.05, 4.69) is 10.2 Å². The van der Waals surface area contributed by atoms with Gasteiger partial charge in [-0.05, 0) is 36.6 Å². The molecule has 2 heterocycles.